The Hall–Kier alpha value is -3.46. The summed E-state index contributed by atoms with van der Waals surface area (Å²) in [4.78, 5) is 2.63. The Balaban J connectivity index is 1.45. The van der Waals surface area contributed by atoms with Crippen molar-refractivity contribution in [3.63, 3.8) is 0 Å². The molecule has 160 valence electrons. The van der Waals surface area contributed by atoms with E-state index in [0.717, 1.165) is 0 Å². The van der Waals surface area contributed by atoms with Crippen LogP contribution in [0, 0.1) is 0 Å². The molecule has 0 bridgehead atoms. The number of benzene rings is 6. The first kappa shape index (κ1) is 20.0. The van der Waals surface area contributed by atoms with Gasteiger partial charge in [0.1, 0.15) is 0 Å². The van der Waals surface area contributed by atoms with Crippen LogP contribution < -0.4 is 0 Å². The first-order valence-corrected chi connectivity index (χ1v) is 13.2. The molecule has 6 aromatic carbocycles. The van der Waals surface area contributed by atoms with Gasteiger partial charge in [-0.25, -0.2) is 0 Å². The maximum absolute atomic E-state index is 2.32. The fraction of sp³-hybridized carbons (Fsp3) is 0. The summed E-state index contributed by atoms with van der Waals surface area (Å²) >= 11 is 3.69. The fourth-order valence-corrected chi connectivity index (χ4v) is 7.25. The molecule has 0 atom stereocenters. The highest BCUT2D eigenvalue weighted by atomic mass is 32.2. The Morgan fingerprint density at radius 3 is 1.06 bits per heavy atom. The maximum atomic E-state index is 2.32. The smallest absolute Gasteiger partial charge is 0.0274 e. The van der Waals surface area contributed by atoms with Crippen LogP contribution in [0.15, 0.2) is 120 Å². The van der Waals surface area contributed by atoms with Gasteiger partial charge >= 0.3 is 0 Å². The average Bonchev–Trinajstić information content (AvgIpc) is 2.90. The predicted molar refractivity (Wildman–Crippen MR) is 154 cm³/mol. The zero-order chi connectivity index (χ0) is 22.5. The van der Waals surface area contributed by atoms with Gasteiger partial charge in [-0.2, -0.15) is 0 Å². The van der Waals surface area contributed by atoms with E-state index < -0.39 is 0 Å². The summed E-state index contributed by atoms with van der Waals surface area (Å²) in [6.45, 7) is 0. The van der Waals surface area contributed by atoms with Gasteiger partial charge in [0.25, 0.3) is 0 Å². The van der Waals surface area contributed by atoms with Crippen LogP contribution >= 0.6 is 23.5 Å². The summed E-state index contributed by atoms with van der Waals surface area (Å²) in [6, 6.07) is 39.7. The van der Waals surface area contributed by atoms with Crippen molar-refractivity contribution >= 4 is 76.4 Å². The van der Waals surface area contributed by atoms with E-state index in [4.69, 9.17) is 0 Å². The molecule has 0 aliphatic carbocycles. The molecule has 1 aliphatic heterocycles. The molecule has 7 rings (SSSR count). The Morgan fingerprint density at radius 1 is 0.382 bits per heavy atom. The zero-order valence-electron chi connectivity index (χ0n) is 18.4. The quantitative estimate of drug-likeness (QED) is 0.232. The van der Waals surface area contributed by atoms with Crippen molar-refractivity contribution < 1.29 is 0 Å². The normalized spacial score (nSPS) is 14.0. The van der Waals surface area contributed by atoms with E-state index in [-0.39, 0.29) is 0 Å². The molecule has 0 nitrogen and oxygen atoms in total. The van der Waals surface area contributed by atoms with Crippen molar-refractivity contribution in [1.29, 1.82) is 0 Å². The highest BCUT2D eigenvalue weighted by Crippen LogP contribution is 2.51. The van der Waals surface area contributed by atoms with Gasteiger partial charge in [-0.1, -0.05) is 109 Å². The molecule has 0 radical (unpaired) electrons. The minimum Gasteiger partial charge on any atom is -0.104 e. The Kier molecular flexibility index (Phi) is 4.75. The van der Waals surface area contributed by atoms with Gasteiger partial charge in [-0.05, 0) is 66.0 Å². The van der Waals surface area contributed by atoms with E-state index in [1.807, 2.05) is 11.8 Å². The first-order chi connectivity index (χ1) is 16.9. The van der Waals surface area contributed by atoms with Crippen LogP contribution in [-0.4, -0.2) is 0 Å². The summed E-state index contributed by atoms with van der Waals surface area (Å²) in [5, 5.41) is 15.0. The minimum atomic E-state index is 1.29. The second-order valence-corrected chi connectivity index (χ2v) is 10.4. The van der Waals surface area contributed by atoms with Crippen molar-refractivity contribution in [2.24, 2.45) is 0 Å². The van der Waals surface area contributed by atoms with Gasteiger partial charge in [0, 0.05) is 20.9 Å². The summed E-state index contributed by atoms with van der Waals surface area (Å²) in [6.07, 6.45) is 0. The van der Waals surface area contributed by atoms with Crippen LogP contribution in [0.1, 0.15) is 11.1 Å². The van der Waals surface area contributed by atoms with Crippen LogP contribution in [0.25, 0.3) is 52.9 Å². The Bertz CT molecular complexity index is 1570. The van der Waals surface area contributed by atoms with Gasteiger partial charge in [0.2, 0.25) is 0 Å². The Labute approximate surface area is 207 Å². The lowest BCUT2D eigenvalue weighted by atomic mass is 9.96. The lowest BCUT2D eigenvalue weighted by Crippen LogP contribution is -1.93. The van der Waals surface area contributed by atoms with E-state index in [1.165, 1.54) is 64.0 Å². The molecule has 1 aliphatic rings. The molecule has 0 saturated carbocycles. The predicted octanol–water partition coefficient (Wildman–Crippen LogP) is 10.1. The zero-order valence-corrected chi connectivity index (χ0v) is 20.0. The van der Waals surface area contributed by atoms with E-state index in [0.29, 0.717) is 0 Å². The lowest BCUT2D eigenvalue weighted by molar-refractivity contribution is 1.73. The lowest BCUT2D eigenvalue weighted by Gasteiger charge is -2.21. The first-order valence-electron chi connectivity index (χ1n) is 11.4. The molecule has 0 fully saturated rings. The molecule has 0 unspecified atom stereocenters. The topological polar surface area (TPSA) is 0 Å². The largest absolute Gasteiger partial charge is 0.104 e. The van der Waals surface area contributed by atoms with E-state index in [9.17, 15) is 0 Å². The molecule has 1 heterocycles. The van der Waals surface area contributed by atoms with Crippen LogP contribution in [0.4, 0.5) is 0 Å². The standard InChI is InChI=1S/C32H20S2/c1-5-13-25-21(9-1)17-22-10-2-6-14-26(22)31(25)29-19-33-20-30(34-29)32-27-15-7-3-11-23(27)18-24-12-4-8-16-28(24)32/h1-20H. The number of fused-ring (bicyclic) bond motifs is 4. The molecule has 0 spiro atoms. The summed E-state index contributed by atoms with van der Waals surface area (Å²) in [7, 11) is 0. The molecule has 6 aromatic rings. The van der Waals surface area contributed by atoms with Crippen molar-refractivity contribution in [2.75, 3.05) is 0 Å². The summed E-state index contributed by atoms with van der Waals surface area (Å²) in [5.74, 6) is 0. The SMILES string of the molecule is C1=C(c2c3ccccc3cc3ccccc23)SC(c2c3ccccc3cc3ccccc23)=CS1. The van der Waals surface area contributed by atoms with Gasteiger partial charge in [0.05, 0.1) is 0 Å². The highest BCUT2D eigenvalue weighted by molar-refractivity contribution is 8.20. The molecular weight excluding hydrogens is 448 g/mol. The van der Waals surface area contributed by atoms with E-state index in [2.05, 4.69) is 120 Å². The van der Waals surface area contributed by atoms with Crippen molar-refractivity contribution in [1.82, 2.24) is 0 Å². The van der Waals surface area contributed by atoms with Crippen LogP contribution in [0.3, 0.4) is 0 Å². The van der Waals surface area contributed by atoms with E-state index >= 15 is 0 Å². The molecule has 2 heteroatoms. The van der Waals surface area contributed by atoms with Gasteiger partial charge in [-0.15, -0.1) is 11.8 Å². The average molecular weight is 469 g/mol. The molecule has 0 N–H and O–H groups in total. The molecule has 34 heavy (non-hydrogen) atoms. The highest BCUT2D eigenvalue weighted by Gasteiger charge is 2.20. The number of thioether (sulfide) groups is 2. The number of hydrogen-bond acceptors (Lipinski definition) is 2. The molecule has 0 saturated heterocycles. The van der Waals surface area contributed by atoms with Crippen molar-refractivity contribution in [3.05, 3.63) is 131 Å². The van der Waals surface area contributed by atoms with Crippen LogP contribution in [-0.2, 0) is 0 Å². The second kappa shape index (κ2) is 8.09. The second-order valence-electron chi connectivity index (χ2n) is 8.59. The molecule has 0 amide bonds. The Morgan fingerprint density at radius 2 is 0.706 bits per heavy atom. The minimum absolute atomic E-state index is 1.29. The maximum Gasteiger partial charge on any atom is 0.0274 e. The molecule has 0 aromatic heterocycles. The number of hydrogen-bond donors (Lipinski definition) is 0. The van der Waals surface area contributed by atoms with Gasteiger partial charge < -0.3 is 0 Å². The van der Waals surface area contributed by atoms with Crippen LogP contribution in [0.2, 0.25) is 0 Å². The third-order valence-electron chi connectivity index (χ3n) is 6.61. The summed E-state index contributed by atoms with van der Waals surface area (Å²) in [5.41, 5.74) is 2.67. The van der Waals surface area contributed by atoms with Crippen molar-refractivity contribution in [3.8, 4) is 0 Å². The van der Waals surface area contributed by atoms with E-state index in [1.54, 1.807) is 11.8 Å². The third-order valence-corrected chi connectivity index (χ3v) is 8.73. The number of rotatable bonds is 2. The van der Waals surface area contributed by atoms with Crippen molar-refractivity contribution in [2.45, 2.75) is 0 Å². The van der Waals surface area contributed by atoms with Gasteiger partial charge in [0.15, 0.2) is 0 Å². The summed E-state index contributed by atoms with van der Waals surface area (Å²) < 4.78 is 0. The van der Waals surface area contributed by atoms with Crippen LogP contribution in [0.5, 0.6) is 0 Å². The fourth-order valence-electron chi connectivity index (χ4n) is 5.10. The molecular formula is C32H20S2. The monoisotopic (exact) mass is 468 g/mol. The van der Waals surface area contributed by atoms with Gasteiger partial charge in [-0.3, -0.25) is 0 Å². The third kappa shape index (κ3) is 3.18.